The molecule has 2 aliphatic rings. The number of cyclic esters (lactones) is 2. The fraction of sp³-hybridized carbons (Fsp3) is 0.692. The number of rotatable bonds is 0. The zero-order valence-electron chi connectivity index (χ0n) is 10.9. The van der Waals surface area contributed by atoms with E-state index in [1.165, 1.54) is 0 Å². The lowest BCUT2D eigenvalue weighted by Crippen LogP contribution is -2.11. The molecule has 92 valence electrons. The SMILES string of the molecule is CC.CC.CC1CCCC2=C1C(=O)OC2=O. The standard InChI is InChI=1S/C9H10O3.2C2H6/c1-5-3-2-4-6-7(5)9(11)12-8(6)10;2*1-2/h5H,2-4H2,1H3;2*1-2H3. The summed E-state index contributed by atoms with van der Waals surface area (Å²) in [5, 5.41) is 0. The van der Waals surface area contributed by atoms with Crippen molar-refractivity contribution in [2.24, 2.45) is 5.92 Å². The quantitative estimate of drug-likeness (QED) is 0.470. The van der Waals surface area contributed by atoms with E-state index in [2.05, 4.69) is 4.74 Å². The third kappa shape index (κ3) is 2.94. The van der Waals surface area contributed by atoms with Crippen LogP contribution in [0.2, 0.25) is 0 Å². The average Bonchev–Trinajstić information content (AvgIpc) is 2.61. The van der Waals surface area contributed by atoms with E-state index in [1.807, 2.05) is 34.6 Å². The van der Waals surface area contributed by atoms with Gasteiger partial charge in [0.05, 0.1) is 5.57 Å². The van der Waals surface area contributed by atoms with Crippen LogP contribution in [0.25, 0.3) is 0 Å². The largest absolute Gasteiger partial charge is 0.386 e. The highest BCUT2D eigenvalue weighted by atomic mass is 16.6. The van der Waals surface area contributed by atoms with Crippen molar-refractivity contribution in [3.63, 3.8) is 0 Å². The van der Waals surface area contributed by atoms with Gasteiger partial charge in [-0.2, -0.15) is 0 Å². The second-order valence-corrected chi connectivity index (χ2v) is 3.36. The lowest BCUT2D eigenvalue weighted by molar-refractivity contribution is -0.151. The van der Waals surface area contributed by atoms with Crippen molar-refractivity contribution in [1.29, 1.82) is 0 Å². The fourth-order valence-electron chi connectivity index (χ4n) is 1.90. The van der Waals surface area contributed by atoms with Gasteiger partial charge in [0.1, 0.15) is 0 Å². The van der Waals surface area contributed by atoms with Gasteiger partial charge in [-0.05, 0) is 25.2 Å². The Morgan fingerprint density at radius 2 is 1.62 bits per heavy atom. The van der Waals surface area contributed by atoms with Crippen LogP contribution >= 0.6 is 0 Å². The molecule has 0 saturated carbocycles. The summed E-state index contributed by atoms with van der Waals surface area (Å²) in [6.45, 7) is 9.97. The molecule has 1 unspecified atom stereocenters. The molecule has 1 heterocycles. The summed E-state index contributed by atoms with van der Waals surface area (Å²) in [7, 11) is 0. The van der Waals surface area contributed by atoms with Gasteiger partial charge >= 0.3 is 11.9 Å². The molecule has 2 rings (SSSR count). The maximum atomic E-state index is 11.1. The van der Waals surface area contributed by atoms with Gasteiger partial charge in [-0.1, -0.05) is 34.6 Å². The van der Waals surface area contributed by atoms with Crippen LogP contribution in [0.1, 0.15) is 53.9 Å². The zero-order chi connectivity index (χ0) is 12.7. The van der Waals surface area contributed by atoms with Crippen molar-refractivity contribution < 1.29 is 14.3 Å². The zero-order valence-corrected chi connectivity index (χ0v) is 10.9. The number of esters is 2. The van der Waals surface area contributed by atoms with Gasteiger partial charge in [0.2, 0.25) is 0 Å². The molecule has 0 fully saturated rings. The maximum absolute atomic E-state index is 11.1. The fourth-order valence-corrected chi connectivity index (χ4v) is 1.90. The smallest absolute Gasteiger partial charge is 0.342 e. The molecule has 1 aliphatic heterocycles. The van der Waals surface area contributed by atoms with Crippen LogP contribution in [0.15, 0.2) is 11.1 Å². The van der Waals surface area contributed by atoms with Crippen molar-refractivity contribution in [1.82, 2.24) is 0 Å². The molecule has 3 nitrogen and oxygen atoms in total. The molecule has 1 atom stereocenters. The van der Waals surface area contributed by atoms with E-state index in [-0.39, 0.29) is 5.92 Å². The van der Waals surface area contributed by atoms with E-state index in [9.17, 15) is 9.59 Å². The summed E-state index contributed by atoms with van der Waals surface area (Å²) in [5.41, 5.74) is 1.25. The molecular weight excluding hydrogens is 204 g/mol. The summed E-state index contributed by atoms with van der Waals surface area (Å²) in [6.07, 6.45) is 2.69. The Morgan fingerprint density at radius 3 is 2.12 bits per heavy atom. The van der Waals surface area contributed by atoms with Gasteiger partial charge in [-0.3, -0.25) is 0 Å². The first-order valence-electron chi connectivity index (χ1n) is 6.19. The first kappa shape index (κ1) is 14.9. The van der Waals surface area contributed by atoms with Crippen LogP contribution in [-0.2, 0) is 14.3 Å². The Kier molecular flexibility index (Phi) is 6.70. The van der Waals surface area contributed by atoms with Gasteiger partial charge < -0.3 is 4.74 Å². The molecule has 0 bridgehead atoms. The Balaban J connectivity index is 0.000000509. The minimum Gasteiger partial charge on any atom is -0.386 e. The number of hydrogen-bond acceptors (Lipinski definition) is 3. The van der Waals surface area contributed by atoms with Crippen LogP contribution in [0, 0.1) is 5.92 Å². The topological polar surface area (TPSA) is 43.4 Å². The second-order valence-electron chi connectivity index (χ2n) is 3.36. The third-order valence-corrected chi connectivity index (χ3v) is 2.53. The summed E-state index contributed by atoms with van der Waals surface area (Å²) in [4.78, 5) is 22.2. The molecule has 0 aromatic heterocycles. The predicted octanol–water partition coefficient (Wildman–Crippen LogP) is 3.24. The van der Waals surface area contributed by atoms with Gasteiger partial charge in [0.15, 0.2) is 0 Å². The molecule has 3 heteroatoms. The predicted molar refractivity (Wildman–Crippen MR) is 63.8 cm³/mol. The molecule has 0 amide bonds. The van der Waals surface area contributed by atoms with Crippen molar-refractivity contribution in [2.75, 3.05) is 0 Å². The lowest BCUT2D eigenvalue weighted by atomic mass is 9.85. The van der Waals surface area contributed by atoms with E-state index in [0.717, 1.165) is 12.8 Å². The first-order chi connectivity index (χ1) is 7.70. The van der Waals surface area contributed by atoms with Gasteiger partial charge in [0, 0.05) is 5.57 Å². The molecule has 0 saturated heterocycles. The van der Waals surface area contributed by atoms with Crippen molar-refractivity contribution >= 4 is 11.9 Å². The summed E-state index contributed by atoms with van der Waals surface area (Å²) < 4.78 is 4.53. The lowest BCUT2D eigenvalue weighted by Gasteiger charge is -2.16. The Morgan fingerprint density at radius 1 is 1.06 bits per heavy atom. The van der Waals surface area contributed by atoms with E-state index in [1.54, 1.807) is 0 Å². The molecule has 0 aromatic carbocycles. The van der Waals surface area contributed by atoms with E-state index in [4.69, 9.17) is 0 Å². The molecule has 0 radical (unpaired) electrons. The van der Waals surface area contributed by atoms with Crippen LogP contribution in [0.5, 0.6) is 0 Å². The normalized spacial score (nSPS) is 22.4. The monoisotopic (exact) mass is 226 g/mol. The Bertz CT molecular complexity index is 290. The van der Waals surface area contributed by atoms with Crippen LogP contribution < -0.4 is 0 Å². The Labute approximate surface area is 97.9 Å². The number of carbonyl (C=O) groups is 2. The minimum atomic E-state index is -0.415. The van der Waals surface area contributed by atoms with Gasteiger partial charge in [0.25, 0.3) is 0 Å². The molecular formula is C13H22O3. The molecule has 16 heavy (non-hydrogen) atoms. The first-order valence-corrected chi connectivity index (χ1v) is 6.19. The average molecular weight is 226 g/mol. The van der Waals surface area contributed by atoms with E-state index < -0.39 is 11.9 Å². The Hall–Kier alpha value is -1.12. The summed E-state index contributed by atoms with van der Waals surface area (Å²) >= 11 is 0. The van der Waals surface area contributed by atoms with Gasteiger partial charge in [-0.15, -0.1) is 0 Å². The van der Waals surface area contributed by atoms with Crippen molar-refractivity contribution in [3.8, 4) is 0 Å². The highest BCUT2D eigenvalue weighted by molar-refractivity contribution is 6.12. The molecule has 0 spiro atoms. The maximum Gasteiger partial charge on any atom is 0.342 e. The number of hydrogen-bond donors (Lipinski definition) is 0. The summed E-state index contributed by atoms with van der Waals surface area (Å²) in [5.74, 6) is -0.628. The van der Waals surface area contributed by atoms with Crippen LogP contribution in [-0.4, -0.2) is 11.9 Å². The van der Waals surface area contributed by atoms with Crippen molar-refractivity contribution in [3.05, 3.63) is 11.1 Å². The number of ether oxygens (including phenoxy) is 1. The highest BCUT2D eigenvalue weighted by Gasteiger charge is 2.37. The van der Waals surface area contributed by atoms with E-state index >= 15 is 0 Å². The second kappa shape index (κ2) is 7.20. The van der Waals surface area contributed by atoms with Crippen LogP contribution in [0.4, 0.5) is 0 Å². The molecule has 0 N–H and O–H groups in total. The third-order valence-electron chi connectivity index (χ3n) is 2.53. The summed E-state index contributed by atoms with van der Waals surface area (Å²) in [6, 6.07) is 0. The molecule has 0 aromatic rings. The van der Waals surface area contributed by atoms with Crippen LogP contribution in [0.3, 0.4) is 0 Å². The minimum absolute atomic E-state index is 0.202. The van der Waals surface area contributed by atoms with E-state index in [0.29, 0.717) is 17.6 Å². The van der Waals surface area contributed by atoms with Gasteiger partial charge in [-0.25, -0.2) is 9.59 Å². The highest BCUT2D eigenvalue weighted by Crippen LogP contribution is 2.35. The molecule has 1 aliphatic carbocycles. The van der Waals surface area contributed by atoms with Crippen molar-refractivity contribution in [2.45, 2.75) is 53.9 Å². The number of carbonyl (C=O) groups excluding carboxylic acids is 2.